The molecular formula is C13H10N2O3S. The summed E-state index contributed by atoms with van der Waals surface area (Å²) in [5.41, 5.74) is 0.315. The van der Waals surface area contributed by atoms with Crippen LogP contribution in [0.3, 0.4) is 0 Å². The van der Waals surface area contributed by atoms with Crippen LogP contribution in [0.2, 0.25) is 0 Å². The SMILES string of the molecule is CS(=O)(=O)c1ccc(Oc2ncccc2C#N)cc1. The molecule has 0 atom stereocenters. The molecule has 2 rings (SSSR count). The second-order valence-corrected chi connectivity index (χ2v) is 5.83. The van der Waals surface area contributed by atoms with Crippen molar-refractivity contribution in [2.45, 2.75) is 4.90 Å². The molecule has 0 N–H and O–H groups in total. The van der Waals surface area contributed by atoms with Crippen LogP contribution in [0.4, 0.5) is 0 Å². The Hall–Kier alpha value is -2.39. The summed E-state index contributed by atoms with van der Waals surface area (Å²) >= 11 is 0. The van der Waals surface area contributed by atoms with Crippen molar-refractivity contribution < 1.29 is 13.2 Å². The fourth-order valence-corrected chi connectivity index (χ4v) is 2.05. The van der Waals surface area contributed by atoms with Gasteiger partial charge in [-0.15, -0.1) is 0 Å². The van der Waals surface area contributed by atoms with Crippen LogP contribution in [0.15, 0.2) is 47.5 Å². The number of pyridine rings is 1. The van der Waals surface area contributed by atoms with Gasteiger partial charge in [-0.2, -0.15) is 5.26 Å². The first kappa shape index (κ1) is 13.1. The first-order valence-electron chi connectivity index (χ1n) is 5.34. The molecule has 19 heavy (non-hydrogen) atoms. The molecule has 0 radical (unpaired) electrons. The fourth-order valence-electron chi connectivity index (χ4n) is 1.42. The standard InChI is InChI=1S/C13H10N2O3S/c1-19(16,17)12-6-4-11(5-7-12)18-13-10(9-14)3-2-8-15-13/h2-8H,1H3. The predicted octanol–water partition coefficient (Wildman–Crippen LogP) is 2.15. The molecular weight excluding hydrogens is 264 g/mol. The van der Waals surface area contributed by atoms with Gasteiger partial charge in [-0.05, 0) is 36.4 Å². The zero-order valence-corrected chi connectivity index (χ0v) is 10.9. The Morgan fingerprint density at radius 1 is 1.21 bits per heavy atom. The van der Waals surface area contributed by atoms with E-state index in [1.54, 1.807) is 12.1 Å². The molecule has 0 amide bonds. The fraction of sp³-hybridized carbons (Fsp3) is 0.0769. The zero-order chi connectivity index (χ0) is 13.9. The molecule has 0 aliphatic rings. The van der Waals surface area contributed by atoms with Crippen LogP contribution in [0.1, 0.15) is 5.56 Å². The normalized spacial score (nSPS) is 10.7. The van der Waals surface area contributed by atoms with Crippen molar-refractivity contribution in [2.75, 3.05) is 6.26 Å². The van der Waals surface area contributed by atoms with Gasteiger partial charge in [-0.25, -0.2) is 13.4 Å². The molecule has 0 unspecified atom stereocenters. The Morgan fingerprint density at radius 3 is 2.47 bits per heavy atom. The number of nitrogens with zero attached hydrogens (tertiary/aromatic N) is 2. The van der Waals surface area contributed by atoms with E-state index in [-0.39, 0.29) is 10.8 Å². The molecule has 0 aliphatic heterocycles. The van der Waals surface area contributed by atoms with Crippen molar-refractivity contribution in [3.63, 3.8) is 0 Å². The van der Waals surface area contributed by atoms with E-state index >= 15 is 0 Å². The maximum absolute atomic E-state index is 11.3. The van der Waals surface area contributed by atoms with E-state index in [0.29, 0.717) is 11.3 Å². The van der Waals surface area contributed by atoms with E-state index in [2.05, 4.69) is 4.98 Å². The van der Waals surface area contributed by atoms with Gasteiger partial charge >= 0.3 is 0 Å². The smallest absolute Gasteiger partial charge is 0.237 e. The highest BCUT2D eigenvalue weighted by molar-refractivity contribution is 7.90. The van der Waals surface area contributed by atoms with Crippen molar-refractivity contribution in [1.82, 2.24) is 4.98 Å². The van der Waals surface area contributed by atoms with Crippen molar-refractivity contribution in [3.8, 4) is 17.7 Å². The van der Waals surface area contributed by atoms with Gasteiger partial charge in [0.1, 0.15) is 17.4 Å². The van der Waals surface area contributed by atoms with Crippen LogP contribution in [0.25, 0.3) is 0 Å². The molecule has 1 heterocycles. The Bertz CT molecular complexity index is 731. The van der Waals surface area contributed by atoms with Crippen LogP contribution in [0, 0.1) is 11.3 Å². The summed E-state index contributed by atoms with van der Waals surface area (Å²) in [6.45, 7) is 0. The van der Waals surface area contributed by atoms with Gasteiger partial charge in [0, 0.05) is 12.5 Å². The zero-order valence-electron chi connectivity index (χ0n) is 10.1. The lowest BCUT2D eigenvalue weighted by Crippen LogP contribution is -1.97. The first-order valence-corrected chi connectivity index (χ1v) is 7.23. The lowest BCUT2D eigenvalue weighted by molar-refractivity contribution is 0.461. The van der Waals surface area contributed by atoms with E-state index in [1.807, 2.05) is 6.07 Å². The summed E-state index contributed by atoms with van der Waals surface area (Å²) < 4.78 is 28.1. The predicted molar refractivity (Wildman–Crippen MR) is 68.6 cm³/mol. The lowest BCUT2D eigenvalue weighted by atomic mass is 10.3. The van der Waals surface area contributed by atoms with E-state index in [9.17, 15) is 8.42 Å². The van der Waals surface area contributed by atoms with Gasteiger partial charge in [0.05, 0.1) is 4.90 Å². The Labute approximate surface area is 111 Å². The van der Waals surface area contributed by atoms with Crippen LogP contribution < -0.4 is 4.74 Å². The highest BCUT2D eigenvalue weighted by atomic mass is 32.2. The minimum absolute atomic E-state index is 0.192. The molecule has 5 nitrogen and oxygen atoms in total. The number of rotatable bonds is 3. The molecule has 0 spiro atoms. The van der Waals surface area contributed by atoms with Crippen molar-refractivity contribution >= 4 is 9.84 Å². The molecule has 0 bridgehead atoms. The number of benzene rings is 1. The van der Waals surface area contributed by atoms with Crippen LogP contribution >= 0.6 is 0 Å². The first-order chi connectivity index (χ1) is 9.00. The third-order valence-electron chi connectivity index (χ3n) is 2.36. The largest absolute Gasteiger partial charge is 0.438 e. The number of hydrogen-bond acceptors (Lipinski definition) is 5. The molecule has 6 heteroatoms. The monoisotopic (exact) mass is 274 g/mol. The van der Waals surface area contributed by atoms with Gasteiger partial charge in [-0.3, -0.25) is 0 Å². The maximum atomic E-state index is 11.3. The van der Waals surface area contributed by atoms with E-state index in [0.717, 1.165) is 6.26 Å². The Morgan fingerprint density at radius 2 is 1.89 bits per heavy atom. The van der Waals surface area contributed by atoms with E-state index in [4.69, 9.17) is 10.00 Å². The molecule has 0 saturated heterocycles. The summed E-state index contributed by atoms with van der Waals surface area (Å²) in [5, 5.41) is 8.90. The van der Waals surface area contributed by atoms with Gasteiger partial charge in [0.2, 0.25) is 5.88 Å². The van der Waals surface area contributed by atoms with E-state index in [1.165, 1.54) is 30.5 Å². The average molecular weight is 274 g/mol. The summed E-state index contributed by atoms with van der Waals surface area (Å²) in [6.07, 6.45) is 2.65. The third kappa shape index (κ3) is 3.09. The molecule has 1 aromatic carbocycles. The average Bonchev–Trinajstić information content (AvgIpc) is 2.39. The summed E-state index contributed by atoms with van der Waals surface area (Å²) in [4.78, 5) is 4.16. The number of nitriles is 1. The lowest BCUT2D eigenvalue weighted by Gasteiger charge is -2.06. The molecule has 0 fully saturated rings. The van der Waals surface area contributed by atoms with Crippen LogP contribution in [-0.4, -0.2) is 19.7 Å². The minimum atomic E-state index is -3.23. The molecule has 2 aromatic rings. The van der Waals surface area contributed by atoms with Gasteiger partial charge < -0.3 is 4.74 Å². The van der Waals surface area contributed by atoms with Gasteiger partial charge in [0.15, 0.2) is 9.84 Å². The Balaban J connectivity index is 2.28. The molecule has 0 aliphatic carbocycles. The Kier molecular flexibility index (Phi) is 3.49. The molecule has 96 valence electrons. The summed E-state index contributed by atoms with van der Waals surface area (Å²) in [7, 11) is -3.23. The topological polar surface area (TPSA) is 80.1 Å². The second-order valence-electron chi connectivity index (χ2n) is 3.81. The van der Waals surface area contributed by atoms with Crippen molar-refractivity contribution in [2.24, 2.45) is 0 Å². The van der Waals surface area contributed by atoms with Gasteiger partial charge in [0.25, 0.3) is 0 Å². The number of ether oxygens (including phenoxy) is 1. The van der Waals surface area contributed by atoms with Crippen LogP contribution in [-0.2, 0) is 9.84 Å². The maximum Gasteiger partial charge on any atom is 0.237 e. The summed E-state index contributed by atoms with van der Waals surface area (Å²) in [6, 6.07) is 11.1. The number of aromatic nitrogens is 1. The molecule has 0 saturated carbocycles. The highest BCUT2D eigenvalue weighted by Crippen LogP contribution is 2.23. The quantitative estimate of drug-likeness (QED) is 0.856. The van der Waals surface area contributed by atoms with Crippen molar-refractivity contribution in [3.05, 3.63) is 48.2 Å². The summed E-state index contributed by atoms with van der Waals surface area (Å²) in [5.74, 6) is 0.611. The van der Waals surface area contributed by atoms with E-state index < -0.39 is 9.84 Å². The van der Waals surface area contributed by atoms with Crippen LogP contribution in [0.5, 0.6) is 11.6 Å². The molecule has 1 aromatic heterocycles. The number of hydrogen-bond donors (Lipinski definition) is 0. The second kappa shape index (κ2) is 5.08. The number of sulfone groups is 1. The third-order valence-corrected chi connectivity index (χ3v) is 3.49. The van der Waals surface area contributed by atoms with Gasteiger partial charge in [-0.1, -0.05) is 0 Å². The van der Waals surface area contributed by atoms with Crippen molar-refractivity contribution in [1.29, 1.82) is 5.26 Å². The highest BCUT2D eigenvalue weighted by Gasteiger charge is 2.08. The minimum Gasteiger partial charge on any atom is -0.438 e.